The predicted octanol–water partition coefficient (Wildman–Crippen LogP) is 6.96. The minimum absolute atomic E-state index is 0.0478. The van der Waals surface area contributed by atoms with Gasteiger partial charge in [-0.15, -0.1) is 0 Å². The zero-order valence-electron chi connectivity index (χ0n) is 16.2. The lowest BCUT2D eigenvalue weighted by Crippen LogP contribution is -2.17. The van der Waals surface area contributed by atoms with Crippen LogP contribution in [0.1, 0.15) is 83.0 Å². The molecule has 0 saturated heterocycles. The highest BCUT2D eigenvalue weighted by Gasteiger charge is 2.25. The van der Waals surface area contributed by atoms with Gasteiger partial charge in [-0.3, -0.25) is 4.79 Å². The fraction of sp³-hybridized carbons (Fsp3) is 0.682. The molecule has 0 fully saturated rings. The van der Waals surface area contributed by atoms with Crippen molar-refractivity contribution in [2.75, 3.05) is 5.75 Å². The summed E-state index contributed by atoms with van der Waals surface area (Å²) < 4.78 is 0. The van der Waals surface area contributed by atoms with Crippen molar-refractivity contribution in [3.8, 4) is 0 Å². The van der Waals surface area contributed by atoms with Gasteiger partial charge in [0.05, 0.1) is 5.92 Å². The molecule has 0 aliphatic rings. The summed E-state index contributed by atoms with van der Waals surface area (Å²) >= 11 is 1.81. The Morgan fingerprint density at radius 2 is 1.72 bits per heavy atom. The molecule has 0 aliphatic heterocycles. The van der Waals surface area contributed by atoms with Crippen LogP contribution < -0.4 is 0 Å². The molecule has 0 amide bonds. The van der Waals surface area contributed by atoms with Gasteiger partial charge >= 0.3 is 5.97 Å². The summed E-state index contributed by atoms with van der Waals surface area (Å²) in [6.45, 7) is 6.41. The molecule has 0 spiro atoms. The largest absolute Gasteiger partial charge is 0.481 e. The highest BCUT2D eigenvalue weighted by molar-refractivity contribution is 7.99. The van der Waals surface area contributed by atoms with Gasteiger partial charge in [-0.1, -0.05) is 96.0 Å². The van der Waals surface area contributed by atoms with Crippen LogP contribution in [0, 0.1) is 11.8 Å². The second-order valence-electron chi connectivity index (χ2n) is 7.09. The number of carboxylic acid groups (broad SMARTS) is 1. The second kappa shape index (κ2) is 13.3. The van der Waals surface area contributed by atoms with Crippen LogP contribution in [0.4, 0.5) is 0 Å². The first-order valence-electron chi connectivity index (χ1n) is 9.99. The maximum Gasteiger partial charge on any atom is 0.307 e. The van der Waals surface area contributed by atoms with E-state index in [1.165, 1.54) is 51.4 Å². The van der Waals surface area contributed by atoms with Gasteiger partial charge in [0.15, 0.2) is 0 Å². The number of rotatable bonds is 14. The molecule has 3 heteroatoms. The quantitative estimate of drug-likeness (QED) is 0.363. The number of hydrogen-bond donors (Lipinski definition) is 1. The molecule has 25 heavy (non-hydrogen) atoms. The van der Waals surface area contributed by atoms with Crippen LogP contribution >= 0.6 is 11.8 Å². The zero-order valence-corrected chi connectivity index (χ0v) is 17.1. The molecule has 0 aliphatic carbocycles. The van der Waals surface area contributed by atoms with Gasteiger partial charge in [-0.2, -0.15) is 11.8 Å². The Hall–Kier alpha value is -0.960. The molecule has 1 rings (SSSR count). The Bertz CT molecular complexity index is 460. The minimum Gasteiger partial charge on any atom is -0.481 e. The summed E-state index contributed by atoms with van der Waals surface area (Å²) in [6.07, 6.45) is 10.5. The van der Waals surface area contributed by atoms with Crippen molar-refractivity contribution >= 4 is 17.7 Å². The maximum atomic E-state index is 11.4. The molecule has 0 heterocycles. The summed E-state index contributed by atoms with van der Waals surface area (Å²) in [5, 5.41) is 9.45. The van der Waals surface area contributed by atoms with Crippen molar-refractivity contribution in [2.24, 2.45) is 11.8 Å². The highest BCUT2D eigenvalue weighted by Crippen LogP contribution is 2.36. The van der Waals surface area contributed by atoms with E-state index in [1.807, 2.05) is 36.9 Å². The highest BCUT2D eigenvalue weighted by atomic mass is 32.2. The maximum absolute atomic E-state index is 11.4. The van der Waals surface area contributed by atoms with Crippen LogP contribution in [0.5, 0.6) is 0 Å². The van der Waals surface area contributed by atoms with E-state index < -0.39 is 5.97 Å². The van der Waals surface area contributed by atoms with Crippen molar-refractivity contribution in [1.82, 2.24) is 0 Å². The van der Waals surface area contributed by atoms with Crippen LogP contribution in [-0.4, -0.2) is 16.8 Å². The van der Waals surface area contributed by atoms with Crippen LogP contribution in [-0.2, 0) is 4.79 Å². The lowest BCUT2D eigenvalue weighted by molar-refractivity contribution is -0.141. The summed E-state index contributed by atoms with van der Waals surface area (Å²) in [4.78, 5) is 11.4. The molecule has 0 bridgehead atoms. The lowest BCUT2D eigenvalue weighted by atomic mass is 9.93. The number of thioether (sulfide) groups is 1. The van der Waals surface area contributed by atoms with Gasteiger partial charge in [0, 0.05) is 5.25 Å². The van der Waals surface area contributed by atoms with Gasteiger partial charge in [-0.25, -0.2) is 0 Å². The third-order valence-electron chi connectivity index (χ3n) is 5.07. The van der Waals surface area contributed by atoms with Crippen LogP contribution in [0.3, 0.4) is 0 Å². The molecule has 1 aromatic carbocycles. The normalized spacial score (nSPS) is 14.8. The molecular formula is C22H36O2S. The van der Waals surface area contributed by atoms with E-state index in [0.717, 1.165) is 17.2 Å². The zero-order chi connectivity index (χ0) is 18.5. The summed E-state index contributed by atoms with van der Waals surface area (Å²) in [5.74, 6) is 0.883. The second-order valence-corrected chi connectivity index (χ2v) is 8.34. The van der Waals surface area contributed by atoms with E-state index in [9.17, 15) is 9.90 Å². The third-order valence-corrected chi connectivity index (χ3v) is 6.63. The average Bonchev–Trinajstić information content (AvgIpc) is 2.63. The van der Waals surface area contributed by atoms with Gasteiger partial charge < -0.3 is 5.11 Å². The Kier molecular flexibility index (Phi) is 11.7. The molecule has 0 aromatic heterocycles. The smallest absolute Gasteiger partial charge is 0.307 e. The molecule has 0 saturated carbocycles. The lowest BCUT2D eigenvalue weighted by Gasteiger charge is -2.21. The Labute approximate surface area is 158 Å². The predicted molar refractivity (Wildman–Crippen MR) is 110 cm³/mol. The first kappa shape index (κ1) is 22.1. The fourth-order valence-electron chi connectivity index (χ4n) is 3.27. The average molecular weight is 365 g/mol. The number of carbonyl (C=O) groups is 1. The third kappa shape index (κ3) is 8.80. The first-order valence-corrected chi connectivity index (χ1v) is 11.0. The molecule has 1 N–H and O–H groups in total. The van der Waals surface area contributed by atoms with E-state index in [4.69, 9.17) is 0 Å². The SMILES string of the molecule is CCCCC(CC)CCCCCSC(c1ccccc1)C(C)C(=O)O. The molecule has 1 aromatic rings. The Morgan fingerprint density at radius 3 is 2.32 bits per heavy atom. The standard InChI is InChI=1S/C22H36O2S/c1-4-6-13-19(5-2)14-9-8-12-17-25-21(18(3)22(23)24)20-15-10-7-11-16-20/h7,10-11,15-16,18-19,21H,4-6,8-9,12-14,17H2,1-3H3,(H,23,24). The van der Waals surface area contributed by atoms with Crippen LogP contribution in [0.2, 0.25) is 0 Å². The number of aliphatic carboxylic acids is 1. The van der Waals surface area contributed by atoms with Crippen molar-refractivity contribution in [1.29, 1.82) is 0 Å². The number of carboxylic acids is 1. The molecule has 3 atom stereocenters. The van der Waals surface area contributed by atoms with Gasteiger partial charge in [0.25, 0.3) is 0 Å². The molecule has 2 nitrogen and oxygen atoms in total. The summed E-state index contributed by atoms with van der Waals surface area (Å²) in [6, 6.07) is 10.1. The van der Waals surface area contributed by atoms with Crippen LogP contribution in [0.15, 0.2) is 30.3 Å². The molecule has 142 valence electrons. The topological polar surface area (TPSA) is 37.3 Å². The minimum atomic E-state index is -0.705. The van der Waals surface area contributed by atoms with Crippen LogP contribution in [0.25, 0.3) is 0 Å². The van der Waals surface area contributed by atoms with Gasteiger partial charge in [0.2, 0.25) is 0 Å². The van der Waals surface area contributed by atoms with Crippen molar-refractivity contribution in [3.63, 3.8) is 0 Å². The van der Waals surface area contributed by atoms with E-state index in [1.54, 1.807) is 0 Å². The Morgan fingerprint density at radius 1 is 1.04 bits per heavy atom. The number of unbranched alkanes of at least 4 members (excludes halogenated alkanes) is 3. The van der Waals surface area contributed by atoms with E-state index in [0.29, 0.717) is 0 Å². The van der Waals surface area contributed by atoms with Crippen molar-refractivity contribution in [2.45, 2.75) is 77.4 Å². The van der Waals surface area contributed by atoms with Crippen molar-refractivity contribution in [3.05, 3.63) is 35.9 Å². The summed E-state index contributed by atoms with van der Waals surface area (Å²) in [5.41, 5.74) is 1.13. The fourth-order valence-corrected chi connectivity index (χ4v) is 4.65. The van der Waals surface area contributed by atoms with Crippen molar-refractivity contribution < 1.29 is 9.90 Å². The Balaban J connectivity index is 2.34. The van der Waals surface area contributed by atoms with Gasteiger partial charge in [-0.05, 0) is 23.7 Å². The van der Waals surface area contributed by atoms with E-state index in [-0.39, 0.29) is 11.2 Å². The first-order chi connectivity index (χ1) is 12.1. The monoisotopic (exact) mass is 364 g/mol. The van der Waals surface area contributed by atoms with E-state index >= 15 is 0 Å². The molecule has 3 unspecified atom stereocenters. The van der Waals surface area contributed by atoms with E-state index in [2.05, 4.69) is 26.0 Å². The number of hydrogen-bond acceptors (Lipinski definition) is 2. The summed E-state index contributed by atoms with van der Waals surface area (Å²) in [7, 11) is 0. The molecular weight excluding hydrogens is 328 g/mol. The van der Waals surface area contributed by atoms with Gasteiger partial charge in [0.1, 0.15) is 0 Å². The molecule has 0 radical (unpaired) electrons. The number of benzene rings is 1.